The Morgan fingerprint density at radius 3 is 2.48 bits per heavy atom. The molecule has 7 heteroatoms. The van der Waals surface area contributed by atoms with Crippen molar-refractivity contribution < 1.29 is 9.18 Å². The highest BCUT2D eigenvalue weighted by molar-refractivity contribution is 5.93. The molecular weight excluding hydrogens is 393 g/mol. The molecule has 1 aromatic heterocycles. The molecule has 31 heavy (non-hydrogen) atoms. The number of carbonyl (C=O) groups is 1. The van der Waals surface area contributed by atoms with Crippen molar-refractivity contribution in [2.45, 2.75) is 71.1 Å². The Kier molecular flexibility index (Phi) is 7.03. The van der Waals surface area contributed by atoms with E-state index in [0.717, 1.165) is 47.8 Å². The highest BCUT2D eigenvalue weighted by atomic mass is 19.1. The molecule has 2 aromatic rings. The number of pyridine rings is 1. The summed E-state index contributed by atoms with van der Waals surface area (Å²) in [7, 11) is 1.55. The summed E-state index contributed by atoms with van der Waals surface area (Å²) in [6.45, 7) is 6.88. The number of alkyl halides is 1. The SMILES string of the molecule is C/C=C(\N=NC)C(=O)NC1CCC(Nc2cc(C(C)(C)F)nc3ccc(C)cc23)CC1. The molecule has 1 aliphatic carbocycles. The summed E-state index contributed by atoms with van der Waals surface area (Å²) in [5, 5.41) is 15.2. The van der Waals surface area contributed by atoms with Gasteiger partial charge >= 0.3 is 0 Å². The van der Waals surface area contributed by atoms with Crippen LogP contribution in [0.15, 0.2) is 46.3 Å². The van der Waals surface area contributed by atoms with Crippen LogP contribution in [0.3, 0.4) is 0 Å². The number of benzene rings is 1. The molecule has 0 saturated heterocycles. The summed E-state index contributed by atoms with van der Waals surface area (Å²) < 4.78 is 14.7. The van der Waals surface area contributed by atoms with E-state index < -0.39 is 5.67 Å². The summed E-state index contributed by atoms with van der Waals surface area (Å²) in [4.78, 5) is 16.9. The van der Waals surface area contributed by atoms with Crippen molar-refractivity contribution in [3.8, 4) is 0 Å². The number of azo groups is 1. The van der Waals surface area contributed by atoms with Gasteiger partial charge in [-0.15, -0.1) is 0 Å². The van der Waals surface area contributed by atoms with E-state index >= 15 is 0 Å². The fourth-order valence-electron chi connectivity index (χ4n) is 3.97. The lowest BCUT2D eigenvalue weighted by atomic mass is 9.90. The van der Waals surface area contributed by atoms with Crippen molar-refractivity contribution >= 4 is 22.5 Å². The molecule has 0 unspecified atom stereocenters. The molecule has 0 atom stereocenters. The summed E-state index contributed by atoms with van der Waals surface area (Å²) in [6, 6.07) is 8.25. The molecule has 1 aromatic carbocycles. The number of aryl methyl sites for hydroxylation is 1. The molecule has 0 bridgehead atoms. The molecule has 6 nitrogen and oxygen atoms in total. The van der Waals surface area contributed by atoms with E-state index in [0.29, 0.717) is 11.4 Å². The Balaban J connectivity index is 1.71. The fraction of sp³-hybridized carbons (Fsp3) is 0.500. The summed E-state index contributed by atoms with van der Waals surface area (Å²) in [5.41, 5.74) is 2.10. The first kappa shape index (κ1) is 22.8. The summed E-state index contributed by atoms with van der Waals surface area (Å²) in [6.07, 6.45) is 5.22. The monoisotopic (exact) mass is 425 g/mol. The third kappa shape index (κ3) is 5.66. The molecule has 166 valence electrons. The number of nitrogens with one attached hydrogen (secondary N) is 2. The average molecular weight is 426 g/mol. The predicted molar refractivity (Wildman–Crippen MR) is 123 cm³/mol. The van der Waals surface area contributed by atoms with Gasteiger partial charge in [0.15, 0.2) is 0 Å². The normalized spacial score (nSPS) is 20.3. The van der Waals surface area contributed by atoms with E-state index in [-0.39, 0.29) is 18.0 Å². The van der Waals surface area contributed by atoms with E-state index in [1.807, 2.05) is 25.1 Å². The van der Waals surface area contributed by atoms with Crippen molar-refractivity contribution in [3.05, 3.63) is 47.3 Å². The first-order valence-electron chi connectivity index (χ1n) is 10.9. The molecule has 3 rings (SSSR count). The van der Waals surface area contributed by atoms with Gasteiger partial charge in [0, 0.05) is 30.2 Å². The van der Waals surface area contributed by atoms with Gasteiger partial charge in [-0.1, -0.05) is 17.7 Å². The number of aromatic nitrogens is 1. The number of hydrogen-bond donors (Lipinski definition) is 2. The maximum Gasteiger partial charge on any atom is 0.271 e. The second kappa shape index (κ2) is 9.54. The number of carbonyl (C=O) groups excluding carboxylic acids is 1. The average Bonchev–Trinajstić information content (AvgIpc) is 2.72. The summed E-state index contributed by atoms with van der Waals surface area (Å²) in [5.74, 6) is -0.185. The highest BCUT2D eigenvalue weighted by Crippen LogP contribution is 2.33. The first-order valence-corrected chi connectivity index (χ1v) is 10.9. The van der Waals surface area contributed by atoms with Gasteiger partial charge in [0.05, 0.1) is 11.2 Å². The Hall–Kier alpha value is -2.83. The van der Waals surface area contributed by atoms with Crippen LogP contribution in [0.25, 0.3) is 10.9 Å². The maximum absolute atomic E-state index is 14.7. The second-order valence-electron chi connectivity index (χ2n) is 8.69. The minimum absolute atomic E-state index is 0.115. The largest absolute Gasteiger partial charge is 0.382 e. The fourth-order valence-corrected chi connectivity index (χ4v) is 3.97. The Morgan fingerprint density at radius 1 is 1.19 bits per heavy atom. The van der Waals surface area contributed by atoms with Crippen LogP contribution in [0.4, 0.5) is 10.1 Å². The molecule has 0 spiro atoms. The number of allylic oxidation sites excluding steroid dienone is 1. The summed E-state index contributed by atoms with van der Waals surface area (Å²) >= 11 is 0. The molecular formula is C24H32FN5O. The molecule has 0 radical (unpaired) electrons. The molecule has 1 amide bonds. The number of anilines is 1. The van der Waals surface area contributed by atoms with E-state index in [1.165, 1.54) is 13.8 Å². The van der Waals surface area contributed by atoms with E-state index in [2.05, 4.69) is 31.9 Å². The van der Waals surface area contributed by atoms with Crippen LogP contribution >= 0.6 is 0 Å². The van der Waals surface area contributed by atoms with Crippen molar-refractivity contribution in [3.63, 3.8) is 0 Å². The maximum atomic E-state index is 14.7. The Morgan fingerprint density at radius 2 is 1.87 bits per heavy atom. The molecule has 1 aliphatic rings. The zero-order valence-corrected chi connectivity index (χ0v) is 19.0. The van der Waals surface area contributed by atoms with E-state index in [9.17, 15) is 9.18 Å². The Labute approximate surface area is 183 Å². The van der Waals surface area contributed by atoms with E-state index in [1.54, 1.807) is 20.0 Å². The number of halogens is 1. The van der Waals surface area contributed by atoms with Gasteiger partial charge in [-0.2, -0.15) is 10.2 Å². The molecule has 1 heterocycles. The standard InChI is InChI=1S/C24H32FN5O/c1-6-19(30-26-5)23(31)28-17-10-8-16(9-11-17)27-21-14-22(24(3,4)25)29-20-12-7-15(2)13-18(20)21/h6-7,12-14,16-17H,8-11H2,1-5H3,(H,27,29)(H,28,31)/b19-6-,30-26?. The number of nitrogens with zero attached hydrogens (tertiary/aromatic N) is 3. The third-order valence-corrected chi connectivity index (χ3v) is 5.71. The van der Waals surface area contributed by atoms with Crippen LogP contribution < -0.4 is 10.6 Å². The van der Waals surface area contributed by atoms with Gasteiger partial charge in [0.1, 0.15) is 11.4 Å². The lowest BCUT2D eigenvalue weighted by Gasteiger charge is -2.31. The smallest absolute Gasteiger partial charge is 0.271 e. The second-order valence-corrected chi connectivity index (χ2v) is 8.69. The lowest BCUT2D eigenvalue weighted by Crippen LogP contribution is -2.40. The first-order chi connectivity index (χ1) is 14.7. The quantitative estimate of drug-likeness (QED) is 0.469. The third-order valence-electron chi connectivity index (χ3n) is 5.71. The van der Waals surface area contributed by atoms with Gasteiger partial charge in [0.25, 0.3) is 5.91 Å². The number of hydrogen-bond acceptors (Lipinski definition) is 5. The number of rotatable bonds is 6. The molecule has 0 aliphatic heterocycles. The van der Waals surface area contributed by atoms with Gasteiger partial charge in [-0.05, 0) is 71.6 Å². The minimum atomic E-state index is -1.52. The zero-order chi connectivity index (χ0) is 22.6. The van der Waals surface area contributed by atoms with Gasteiger partial charge < -0.3 is 10.6 Å². The number of fused-ring (bicyclic) bond motifs is 1. The predicted octanol–water partition coefficient (Wildman–Crippen LogP) is 5.57. The lowest BCUT2D eigenvalue weighted by molar-refractivity contribution is -0.118. The van der Waals surface area contributed by atoms with Crippen molar-refractivity contribution in [1.29, 1.82) is 0 Å². The Bertz CT molecular complexity index is 1000. The molecule has 1 fully saturated rings. The molecule has 1 saturated carbocycles. The van der Waals surface area contributed by atoms with Gasteiger partial charge in [0.2, 0.25) is 0 Å². The van der Waals surface area contributed by atoms with Crippen LogP contribution in [0, 0.1) is 6.92 Å². The van der Waals surface area contributed by atoms with Crippen LogP contribution in [0.1, 0.15) is 57.7 Å². The minimum Gasteiger partial charge on any atom is -0.382 e. The van der Waals surface area contributed by atoms with Crippen LogP contribution in [-0.2, 0) is 10.5 Å². The van der Waals surface area contributed by atoms with Crippen LogP contribution in [0.5, 0.6) is 0 Å². The van der Waals surface area contributed by atoms with Gasteiger partial charge in [-0.3, -0.25) is 4.79 Å². The van der Waals surface area contributed by atoms with E-state index in [4.69, 9.17) is 0 Å². The van der Waals surface area contributed by atoms with Crippen LogP contribution in [-0.4, -0.2) is 30.0 Å². The number of amides is 1. The van der Waals surface area contributed by atoms with Crippen LogP contribution in [0.2, 0.25) is 0 Å². The molecule has 2 N–H and O–H groups in total. The van der Waals surface area contributed by atoms with Crippen molar-refractivity contribution in [1.82, 2.24) is 10.3 Å². The zero-order valence-electron chi connectivity index (χ0n) is 19.0. The topological polar surface area (TPSA) is 78.7 Å². The van der Waals surface area contributed by atoms with Crippen molar-refractivity contribution in [2.24, 2.45) is 10.2 Å². The van der Waals surface area contributed by atoms with Crippen molar-refractivity contribution in [2.75, 3.05) is 12.4 Å². The highest BCUT2D eigenvalue weighted by Gasteiger charge is 2.26. The van der Waals surface area contributed by atoms with Gasteiger partial charge in [-0.25, -0.2) is 9.37 Å².